The van der Waals surface area contributed by atoms with Crippen LogP contribution in [-0.4, -0.2) is 39.5 Å². The fourth-order valence-electron chi connectivity index (χ4n) is 3.79. The van der Waals surface area contributed by atoms with Crippen LogP contribution < -0.4 is 4.74 Å². The smallest absolute Gasteiger partial charge is 0.308 e. The number of carboxylic acids is 2. The highest BCUT2D eigenvalue weighted by molar-refractivity contribution is 5.85. The van der Waals surface area contributed by atoms with E-state index in [1.165, 1.54) is 31.4 Å². The number of phenols is 2. The normalized spacial score (nSPS) is 24.5. The van der Waals surface area contributed by atoms with Crippen molar-refractivity contribution in [3.63, 3.8) is 0 Å². The van der Waals surface area contributed by atoms with E-state index in [1.54, 1.807) is 18.2 Å². The van der Waals surface area contributed by atoms with E-state index in [1.807, 2.05) is 0 Å². The Labute approximate surface area is 149 Å². The van der Waals surface area contributed by atoms with E-state index in [4.69, 9.17) is 4.74 Å². The third kappa shape index (κ3) is 2.81. The van der Waals surface area contributed by atoms with Gasteiger partial charge in [0.15, 0.2) is 11.5 Å². The molecule has 26 heavy (non-hydrogen) atoms. The number of aromatic hydroxyl groups is 2. The Hall–Kier alpha value is -3.22. The molecule has 0 radical (unpaired) electrons. The van der Waals surface area contributed by atoms with Gasteiger partial charge < -0.3 is 25.2 Å². The van der Waals surface area contributed by atoms with Crippen LogP contribution in [0.5, 0.6) is 17.2 Å². The van der Waals surface area contributed by atoms with Gasteiger partial charge in [-0.2, -0.15) is 0 Å². The molecule has 0 heterocycles. The second-order valence-corrected chi connectivity index (χ2v) is 6.30. The third-order valence-corrected chi connectivity index (χ3v) is 4.98. The topological polar surface area (TPSA) is 124 Å². The first-order valence-electron chi connectivity index (χ1n) is 7.96. The van der Waals surface area contributed by atoms with E-state index in [0.717, 1.165) is 0 Å². The van der Waals surface area contributed by atoms with Crippen molar-refractivity contribution in [2.24, 2.45) is 11.8 Å². The van der Waals surface area contributed by atoms with Crippen molar-refractivity contribution >= 4 is 11.9 Å². The Kier molecular flexibility index (Phi) is 4.46. The minimum atomic E-state index is -1.19. The van der Waals surface area contributed by atoms with Gasteiger partial charge in [0.1, 0.15) is 5.75 Å². The Balaban J connectivity index is 2.10. The van der Waals surface area contributed by atoms with E-state index in [9.17, 15) is 30.0 Å². The van der Waals surface area contributed by atoms with Crippen LogP contribution in [0.4, 0.5) is 0 Å². The highest BCUT2D eigenvalue weighted by atomic mass is 16.5. The van der Waals surface area contributed by atoms with E-state index in [0.29, 0.717) is 11.1 Å². The molecule has 0 spiro atoms. The number of benzene rings is 2. The predicted molar refractivity (Wildman–Crippen MR) is 90.5 cm³/mol. The van der Waals surface area contributed by atoms with Crippen molar-refractivity contribution < 1.29 is 34.8 Å². The molecule has 1 fully saturated rings. The fourth-order valence-corrected chi connectivity index (χ4v) is 3.79. The molecule has 0 aromatic heterocycles. The zero-order valence-corrected chi connectivity index (χ0v) is 13.9. The number of ether oxygens (including phenoxy) is 1. The summed E-state index contributed by atoms with van der Waals surface area (Å²) in [6.45, 7) is 0. The maximum atomic E-state index is 11.7. The molecule has 1 saturated carbocycles. The highest BCUT2D eigenvalue weighted by Gasteiger charge is 2.58. The number of aliphatic carboxylic acids is 2. The number of carboxylic acid groups (broad SMARTS) is 2. The lowest BCUT2D eigenvalue weighted by molar-refractivity contribution is -0.164. The Morgan fingerprint density at radius 1 is 0.846 bits per heavy atom. The van der Waals surface area contributed by atoms with Crippen LogP contribution in [0.15, 0.2) is 42.5 Å². The Morgan fingerprint density at radius 2 is 1.35 bits per heavy atom. The van der Waals surface area contributed by atoms with Crippen molar-refractivity contribution in [2.45, 2.75) is 11.8 Å². The SMILES string of the molecule is COc1cc([C@H]2[C@H](C(=O)O)[C@@H](C(=O)O)[C@H]2c2ccc(O)cc2)ccc1O. The van der Waals surface area contributed by atoms with Crippen LogP contribution in [0.1, 0.15) is 23.0 Å². The molecule has 0 bridgehead atoms. The van der Waals surface area contributed by atoms with Gasteiger partial charge in [0, 0.05) is 11.8 Å². The lowest BCUT2D eigenvalue weighted by Crippen LogP contribution is -2.51. The molecule has 0 amide bonds. The maximum absolute atomic E-state index is 11.7. The molecule has 2 aromatic carbocycles. The quantitative estimate of drug-likeness (QED) is 0.647. The lowest BCUT2D eigenvalue weighted by atomic mass is 9.52. The summed E-state index contributed by atoms with van der Waals surface area (Å²) in [7, 11) is 1.38. The third-order valence-electron chi connectivity index (χ3n) is 4.98. The molecule has 136 valence electrons. The maximum Gasteiger partial charge on any atom is 0.308 e. The van der Waals surface area contributed by atoms with Crippen LogP contribution in [0.25, 0.3) is 0 Å². The van der Waals surface area contributed by atoms with Gasteiger partial charge in [-0.1, -0.05) is 18.2 Å². The summed E-state index contributed by atoms with van der Waals surface area (Å²) in [5, 5.41) is 38.4. The number of methoxy groups -OCH3 is 1. The molecule has 0 saturated heterocycles. The second-order valence-electron chi connectivity index (χ2n) is 6.30. The van der Waals surface area contributed by atoms with Crippen molar-refractivity contribution in [1.29, 1.82) is 0 Å². The predicted octanol–water partition coefficient (Wildman–Crippen LogP) is 2.39. The summed E-state index contributed by atoms with van der Waals surface area (Å²) in [6, 6.07) is 10.6. The Bertz CT molecular complexity index is 843. The summed E-state index contributed by atoms with van der Waals surface area (Å²) in [4.78, 5) is 23.5. The van der Waals surface area contributed by atoms with Gasteiger partial charge in [-0.25, -0.2) is 0 Å². The fraction of sp³-hybridized carbons (Fsp3) is 0.263. The van der Waals surface area contributed by atoms with Crippen LogP contribution in [-0.2, 0) is 9.59 Å². The first-order valence-corrected chi connectivity index (χ1v) is 7.96. The van der Waals surface area contributed by atoms with Crippen LogP contribution in [0.3, 0.4) is 0 Å². The monoisotopic (exact) mass is 358 g/mol. The van der Waals surface area contributed by atoms with Crippen molar-refractivity contribution in [2.75, 3.05) is 7.11 Å². The molecule has 3 rings (SSSR count). The zero-order valence-electron chi connectivity index (χ0n) is 13.9. The standard InChI is InChI=1S/C19H18O7/c1-26-13-8-10(4-7-12(13)21)15-14(9-2-5-11(20)6-3-9)16(18(22)23)17(15)19(24)25/h2-8,14-17,20-21H,1H3,(H,22,23)(H,24,25)/t14-,15+,16-,17-/m0/s1. The van der Waals surface area contributed by atoms with Crippen molar-refractivity contribution in [1.82, 2.24) is 0 Å². The van der Waals surface area contributed by atoms with E-state index < -0.39 is 35.6 Å². The molecule has 4 atom stereocenters. The number of hydrogen-bond donors (Lipinski definition) is 4. The van der Waals surface area contributed by atoms with Gasteiger partial charge in [-0.3, -0.25) is 9.59 Å². The largest absolute Gasteiger partial charge is 0.508 e. The molecule has 1 aliphatic rings. The average molecular weight is 358 g/mol. The highest BCUT2D eigenvalue weighted by Crippen LogP contribution is 2.58. The van der Waals surface area contributed by atoms with Gasteiger partial charge in [-0.05, 0) is 35.4 Å². The number of rotatable bonds is 5. The van der Waals surface area contributed by atoms with Gasteiger partial charge in [-0.15, -0.1) is 0 Å². The molecule has 7 nitrogen and oxygen atoms in total. The molecule has 4 N–H and O–H groups in total. The molecular weight excluding hydrogens is 340 g/mol. The number of carbonyl (C=O) groups is 2. The summed E-state index contributed by atoms with van der Waals surface area (Å²) in [5.74, 6) is -5.62. The van der Waals surface area contributed by atoms with Gasteiger partial charge in [0.05, 0.1) is 18.9 Å². The van der Waals surface area contributed by atoms with Gasteiger partial charge in [0.2, 0.25) is 0 Å². The summed E-state index contributed by atoms with van der Waals surface area (Å²) in [5.41, 5.74) is 1.20. The first-order chi connectivity index (χ1) is 12.3. The molecule has 1 aliphatic carbocycles. The molecule has 0 unspecified atom stereocenters. The molecular formula is C19H18O7. The van der Waals surface area contributed by atoms with Crippen molar-refractivity contribution in [3.8, 4) is 17.2 Å². The molecule has 0 aliphatic heterocycles. The molecule has 7 heteroatoms. The van der Waals surface area contributed by atoms with Crippen LogP contribution >= 0.6 is 0 Å². The Morgan fingerprint density at radius 3 is 1.85 bits per heavy atom. The zero-order chi connectivity index (χ0) is 19.0. The van der Waals surface area contributed by atoms with Crippen LogP contribution in [0, 0.1) is 11.8 Å². The molecule has 2 aromatic rings. The van der Waals surface area contributed by atoms with Gasteiger partial charge >= 0.3 is 11.9 Å². The minimum Gasteiger partial charge on any atom is -0.508 e. The van der Waals surface area contributed by atoms with E-state index in [-0.39, 0.29) is 17.2 Å². The van der Waals surface area contributed by atoms with E-state index >= 15 is 0 Å². The van der Waals surface area contributed by atoms with Crippen molar-refractivity contribution in [3.05, 3.63) is 53.6 Å². The van der Waals surface area contributed by atoms with Crippen LogP contribution in [0.2, 0.25) is 0 Å². The lowest BCUT2D eigenvalue weighted by Gasteiger charge is -2.48. The van der Waals surface area contributed by atoms with E-state index in [2.05, 4.69) is 0 Å². The number of phenolic OH excluding ortho intramolecular Hbond substituents is 2. The number of hydrogen-bond acceptors (Lipinski definition) is 5. The van der Waals surface area contributed by atoms with Gasteiger partial charge in [0.25, 0.3) is 0 Å². The summed E-state index contributed by atoms with van der Waals surface area (Å²) in [6.07, 6.45) is 0. The first kappa shape index (κ1) is 17.6. The summed E-state index contributed by atoms with van der Waals surface area (Å²) < 4.78 is 5.08. The summed E-state index contributed by atoms with van der Waals surface area (Å²) >= 11 is 0. The average Bonchev–Trinajstić information content (AvgIpc) is 2.56. The second kappa shape index (κ2) is 6.59. The minimum absolute atomic E-state index is 0.0394.